The van der Waals surface area contributed by atoms with Gasteiger partial charge in [-0.25, -0.2) is 13.2 Å². The zero-order valence-corrected chi connectivity index (χ0v) is 15.5. The summed E-state index contributed by atoms with van der Waals surface area (Å²) in [5.74, 6) is 0. The molecule has 0 saturated heterocycles. The monoisotopic (exact) mass is 374 g/mol. The van der Waals surface area contributed by atoms with Gasteiger partial charge < -0.3 is 10.2 Å². The maximum absolute atomic E-state index is 12.5. The molecule has 0 fully saturated rings. The van der Waals surface area contributed by atoms with Crippen LogP contribution in [0.4, 0.5) is 10.5 Å². The first-order valence-electron chi connectivity index (χ1n) is 7.62. The molecule has 0 spiro atoms. The predicted octanol–water partition coefficient (Wildman–Crippen LogP) is 3.97. The van der Waals surface area contributed by atoms with Crippen molar-refractivity contribution in [2.75, 3.05) is 18.6 Å². The number of carbonyl (C=O) groups excluding carboxylic acids is 1. The number of fused-ring (bicyclic) bond motifs is 1. The van der Waals surface area contributed by atoms with Gasteiger partial charge in [0.05, 0.1) is 10.6 Å². The summed E-state index contributed by atoms with van der Waals surface area (Å²) in [6.45, 7) is 0.441. The van der Waals surface area contributed by atoms with E-state index in [1.54, 1.807) is 36.6 Å². The van der Waals surface area contributed by atoms with Crippen LogP contribution in [0.2, 0.25) is 0 Å². The lowest BCUT2D eigenvalue weighted by molar-refractivity contribution is 0.221. The standard InChI is InChI=1S/C18H18N2O3S2/c1-20(11-13-12-24-16-9-5-3-7-14(13)16)18(21)19-15-8-4-6-10-17(15)25(2,22)23/h3-10,12H,11H2,1-2H3,(H,19,21). The van der Waals surface area contributed by atoms with E-state index >= 15 is 0 Å². The first-order chi connectivity index (χ1) is 11.9. The topological polar surface area (TPSA) is 66.5 Å². The second-order valence-electron chi connectivity index (χ2n) is 5.81. The van der Waals surface area contributed by atoms with Crippen LogP contribution in [0.15, 0.2) is 58.8 Å². The molecule has 0 aliphatic carbocycles. The number of carbonyl (C=O) groups is 1. The van der Waals surface area contributed by atoms with E-state index in [0.717, 1.165) is 17.2 Å². The van der Waals surface area contributed by atoms with E-state index in [1.807, 2.05) is 29.6 Å². The number of rotatable bonds is 4. The van der Waals surface area contributed by atoms with Crippen molar-refractivity contribution in [2.45, 2.75) is 11.4 Å². The highest BCUT2D eigenvalue weighted by molar-refractivity contribution is 7.90. The average Bonchev–Trinajstić information content (AvgIpc) is 2.97. The molecular weight excluding hydrogens is 356 g/mol. The van der Waals surface area contributed by atoms with Crippen molar-refractivity contribution in [3.05, 3.63) is 59.5 Å². The molecule has 0 radical (unpaired) electrons. The molecular formula is C18H18N2O3S2. The number of nitrogens with one attached hydrogen (secondary N) is 1. The van der Waals surface area contributed by atoms with Crippen molar-refractivity contribution in [2.24, 2.45) is 0 Å². The van der Waals surface area contributed by atoms with Crippen LogP contribution in [0, 0.1) is 0 Å². The molecule has 0 unspecified atom stereocenters. The molecule has 3 rings (SSSR count). The van der Waals surface area contributed by atoms with E-state index < -0.39 is 9.84 Å². The van der Waals surface area contributed by atoms with Gasteiger partial charge in [0, 0.05) is 24.5 Å². The summed E-state index contributed by atoms with van der Waals surface area (Å²) in [5.41, 5.74) is 1.35. The van der Waals surface area contributed by atoms with Crippen molar-refractivity contribution < 1.29 is 13.2 Å². The third-order valence-corrected chi connectivity index (χ3v) is 6.01. The molecule has 130 valence electrons. The molecule has 0 aliphatic heterocycles. The minimum Gasteiger partial charge on any atom is -0.323 e. The van der Waals surface area contributed by atoms with Gasteiger partial charge in [0.1, 0.15) is 0 Å². The third-order valence-electron chi connectivity index (χ3n) is 3.84. The smallest absolute Gasteiger partial charge is 0.321 e. The number of urea groups is 1. The fourth-order valence-electron chi connectivity index (χ4n) is 2.59. The quantitative estimate of drug-likeness (QED) is 0.751. The lowest BCUT2D eigenvalue weighted by atomic mass is 10.2. The van der Waals surface area contributed by atoms with E-state index in [2.05, 4.69) is 5.32 Å². The number of hydrogen-bond acceptors (Lipinski definition) is 4. The molecule has 3 aromatic rings. The predicted molar refractivity (Wildman–Crippen MR) is 102 cm³/mol. The number of para-hydroxylation sites is 1. The molecule has 7 heteroatoms. The molecule has 1 heterocycles. The highest BCUT2D eigenvalue weighted by atomic mass is 32.2. The fourth-order valence-corrected chi connectivity index (χ4v) is 4.38. The van der Waals surface area contributed by atoms with Gasteiger partial charge >= 0.3 is 6.03 Å². The van der Waals surface area contributed by atoms with Gasteiger partial charge in [0.2, 0.25) is 0 Å². The minimum absolute atomic E-state index is 0.109. The van der Waals surface area contributed by atoms with Gasteiger partial charge in [-0.1, -0.05) is 30.3 Å². The summed E-state index contributed by atoms with van der Waals surface area (Å²) in [5, 5.41) is 5.86. The van der Waals surface area contributed by atoms with E-state index in [-0.39, 0.29) is 16.6 Å². The summed E-state index contributed by atoms with van der Waals surface area (Å²) in [7, 11) is -1.73. The number of sulfone groups is 1. The molecule has 0 bridgehead atoms. The Morgan fingerprint density at radius 3 is 2.56 bits per heavy atom. The number of amides is 2. The molecule has 1 aromatic heterocycles. The highest BCUT2D eigenvalue weighted by Gasteiger charge is 2.17. The van der Waals surface area contributed by atoms with Crippen molar-refractivity contribution in [1.82, 2.24) is 4.90 Å². The van der Waals surface area contributed by atoms with Crippen LogP contribution in [0.3, 0.4) is 0 Å². The zero-order chi connectivity index (χ0) is 18.0. The first kappa shape index (κ1) is 17.4. The second-order valence-corrected chi connectivity index (χ2v) is 8.71. The number of benzene rings is 2. The van der Waals surface area contributed by atoms with Gasteiger partial charge in [0.15, 0.2) is 9.84 Å². The molecule has 25 heavy (non-hydrogen) atoms. The van der Waals surface area contributed by atoms with Crippen LogP contribution in [-0.4, -0.2) is 32.7 Å². The number of nitrogens with zero attached hydrogens (tertiary/aromatic N) is 1. The Morgan fingerprint density at radius 2 is 1.80 bits per heavy atom. The molecule has 0 aliphatic rings. The van der Waals surface area contributed by atoms with Crippen molar-refractivity contribution >= 4 is 43.0 Å². The second kappa shape index (κ2) is 6.85. The lowest BCUT2D eigenvalue weighted by Crippen LogP contribution is -2.31. The van der Waals surface area contributed by atoms with Crippen LogP contribution in [0.25, 0.3) is 10.1 Å². The Kier molecular flexibility index (Phi) is 4.78. The largest absolute Gasteiger partial charge is 0.323 e. The van der Waals surface area contributed by atoms with Crippen LogP contribution < -0.4 is 5.32 Å². The van der Waals surface area contributed by atoms with Crippen LogP contribution in [0.5, 0.6) is 0 Å². The van der Waals surface area contributed by atoms with Crippen LogP contribution >= 0.6 is 11.3 Å². The molecule has 0 saturated carbocycles. The molecule has 2 aromatic carbocycles. The number of anilines is 1. The summed E-state index contributed by atoms with van der Waals surface area (Å²) in [6, 6.07) is 14.1. The van der Waals surface area contributed by atoms with Crippen molar-refractivity contribution in [3.8, 4) is 0 Å². The number of hydrogen-bond donors (Lipinski definition) is 1. The SMILES string of the molecule is CN(Cc1csc2ccccc12)C(=O)Nc1ccccc1S(C)(=O)=O. The summed E-state index contributed by atoms with van der Waals surface area (Å²) >= 11 is 1.64. The normalized spacial score (nSPS) is 11.4. The van der Waals surface area contributed by atoms with Gasteiger partial charge in [-0.05, 0) is 34.5 Å². The average molecular weight is 374 g/mol. The van der Waals surface area contributed by atoms with E-state index in [1.165, 1.54) is 15.7 Å². The Balaban J connectivity index is 1.78. The minimum atomic E-state index is -3.42. The van der Waals surface area contributed by atoms with Crippen molar-refractivity contribution in [3.63, 3.8) is 0 Å². The molecule has 2 amide bonds. The fraction of sp³-hybridized carbons (Fsp3) is 0.167. The summed E-state index contributed by atoms with van der Waals surface area (Å²) in [6.07, 6.45) is 1.12. The maximum Gasteiger partial charge on any atom is 0.321 e. The molecule has 0 atom stereocenters. The van der Waals surface area contributed by atoms with Crippen LogP contribution in [0.1, 0.15) is 5.56 Å². The molecule has 1 N–H and O–H groups in total. The first-order valence-corrected chi connectivity index (χ1v) is 10.4. The van der Waals surface area contributed by atoms with Crippen LogP contribution in [-0.2, 0) is 16.4 Å². The van der Waals surface area contributed by atoms with E-state index in [0.29, 0.717) is 6.54 Å². The Bertz CT molecular complexity index is 1030. The van der Waals surface area contributed by atoms with Crippen molar-refractivity contribution in [1.29, 1.82) is 0 Å². The van der Waals surface area contributed by atoms with E-state index in [9.17, 15) is 13.2 Å². The number of thiophene rings is 1. The highest BCUT2D eigenvalue weighted by Crippen LogP contribution is 2.27. The van der Waals surface area contributed by atoms with Gasteiger partial charge in [-0.3, -0.25) is 0 Å². The summed E-state index contributed by atoms with van der Waals surface area (Å²) < 4.78 is 24.9. The zero-order valence-electron chi connectivity index (χ0n) is 13.9. The Morgan fingerprint density at radius 1 is 1.12 bits per heavy atom. The summed E-state index contributed by atoms with van der Waals surface area (Å²) in [4.78, 5) is 14.1. The third kappa shape index (κ3) is 3.83. The molecule has 5 nitrogen and oxygen atoms in total. The van der Waals surface area contributed by atoms with Gasteiger partial charge in [0.25, 0.3) is 0 Å². The maximum atomic E-state index is 12.5. The Labute approximate surface area is 150 Å². The van der Waals surface area contributed by atoms with Gasteiger partial charge in [-0.15, -0.1) is 11.3 Å². The van der Waals surface area contributed by atoms with Gasteiger partial charge in [-0.2, -0.15) is 0 Å². The lowest BCUT2D eigenvalue weighted by Gasteiger charge is -2.19. The Hall–Kier alpha value is -2.38. The van der Waals surface area contributed by atoms with E-state index in [4.69, 9.17) is 0 Å².